The Morgan fingerprint density at radius 2 is 2.12 bits per heavy atom. The molecule has 0 saturated heterocycles. The number of hydrogen-bond acceptors (Lipinski definition) is 1. The third-order valence-corrected chi connectivity index (χ3v) is 4.35. The number of rotatable bonds is 5. The van der Waals surface area contributed by atoms with Crippen molar-refractivity contribution >= 4 is 0 Å². The van der Waals surface area contributed by atoms with E-state index in [1.54, 1.807) is 5.56 Å². The molecule has 0 aromatic heterocycles. The molecule has 0 bridgehead atoms. The molecule has 0 amide bonds. The van der Waals surface area contributed by atoms with Crippen LogP contribution < -0.4 is 4.74 Å². The van der Waals surface area contributed by atoms with Gasteiger partial charge in [0.25, 0.3) is 0 Å². The first-order chi connectivity index (χ1) is 8.33. The van der Waals surface area contributed by atoms with Crippen molar-refractivity contribution in [3.8, 4) is 5.75 Å². The summed E-state index contributed by atoms with van der Waals surface area (Å²) < 4.78 is 5.97. The molecule has 2 aliphatic carbocycles. The Bertz CT molecular complexity index is 406. The average molecular weight is 230 g/mol. The lowest BCUT2D eigenvalue weighted by molar-refractivity contribution is 0.293. The third kappa shape index (κ3) is 1.86. The molecule has 1 aromatic rings. The molecule has 0 aliphatic heterocycles. The Morgan fingerprint density at radius 1 is 1.29 bits per heavy atom. The summed E-state index contributed by atoms with van der Waals surface area (Å²) in [6.45, 7) is 5.46. The molecule has 1 fully saturated rings. The van der Waals surface area contributed by atoms with Crippen molar-refractivity contribution in [2.75, 3.05) is 6.61 Å². The summed E-state index contributed by atoms with van der Waals surface area (Å²) in [5, 5.41) is 0. The van der Waals surface area contributed by atoms with Gasteiger partial charge in [-0.3, -0.25) is 0 Å². The van der Waals surface area contributed by atoms with Crippen LogP contribution >= 0.6 is 0 Å². The van der Waals surface area contributed by atoms with Crippen LogP contribution in [-0.2, 0) is 0 Å². The van der Waals surface area contributed by atoms with Gasteiger partial charge < -0.3 is 4.74 Å². The number of fused-ring (bicyclic) bond motifs is 1. The van der Waals surface area contributed by atoms with Gasteiger partial charge in [-0.05, 0) is 48.6 Å². The molecule has 0 heterocycles. The first kappa shape index (κ1) is 11.1. The quantitative estimate of drug-likeness (QED) is 0.678. The normalized spacial score (nSPS) is 26.2. The Kier molecular flexibility index (Phi) is 2.85. The van der Waals surface area contributed by atoms with E-state index in [2.05, 4.69) is 32.0 Å². The molecule has 1 saturated carbocycles. The number of unbranched alkanes of at least 4 members (excludes halogenated alkanes) is 1. The molecule has 0 radical (unpaired) electrons. The maximum atomic E-state index is 5.97. The minimum absolute atomic E-state index is 0.757. The molecule has 1 heteroatoms. The summed E-state index contributed by atoms with van der Waals surface area (Å²) in [4.78, 5) is 0. The summed E-state index contributed by atoms with van der Waals surface area (Å²) in [6.07, 6.45) is 5.22. The van der Waals surface area contributed by atoms with Crippen LogP contribution in [0.2, 0.25) is 0 Å². The Labute approximate surface area is 104 Å². The van der Waals surface area contributed by atoms with Crippen molar-refractivity contribution in [3.05, 3.63) is 29.3 Å². The largest absolute Gasteiger partial charge is 0.493 e. The van der Waals surface area contributed by atoms with E-state index in [4.69, 9.17) is 4.74 Å². The highest BCUT2D eigenvalue weighted by Gasteiger charge is 2.45. The number of ether oxygens (including phenoxy) is 1. The standard InChI is InChI=1S/C16H22O/c1-3-4-10-17-14-7-5-6-13-11(2)15(16(13)14)12-8-9-12/h5-7,11-12,15H,3-4,8-10H2,1-2H3/t11-,15-/m0/s1. The smallest absolute Gasteiger partial charge is 0.123 e. The van der Waals surface area contributed by atoms with Gasteiger partial charge >= 0.3 is 0 Å². The van der Waals surface area contributed by atoms with Crippen molar-refractivity contribution in [2.24, 2.45) is 5.92 Å². The highest BCUT2D eigenvalue weighted by Crippen LogP contribution is 2.60. The lowest BCUT2D eigenvalue weighted by Crippen LogP contribution is -2.24. The van der Waals surface area contributed by atoms with E-state index < -0.39 is 0 Å². The summed E-state index contributed by atoms with van der Waals surface area (Å²) in [7, 11) is 0. The van der Waals surface area contributed by atoms with Crippen molar-refractivity contribution in [1.29, 1.82) is 0 Å². The molecule has 0 unspecified atom stereocenters. The fraction of sp³-hybridized carbons (Fsp3) is 0.625. The van der Waals surface area contributed by atoms with Crippen LogP contribution in [0.15, 0.2) is 18.2 Å². The van der Waals surface area contributed by atoms with Crippen LogP contribution in [-0.4, -0.2) is 6.61 Å². The van der Waals surface area contributed by atoms with Gasteiger partial charge in [-0.15, -0.1) is 0 Å². The van der Waals surface area contributed by atoms with E-state index in [9.17, 15) is 0 Å². The molecule has 0 N–H and O–H groups in total. The Hall–Kier alpha value is -0.980. The van der Waals surface area contributed by atoms with E-state index in [-0.39, 0.29) is 0 Å². The second-order valence-electron chi connectivity index (χ2n) is 5.61. The molecule has 92 valence electrons. The summed E-state index contributed by atoms with van der Waals surface area (Å²) in [6, 6.07) is 6.60. The lowest BCUT2D eigenvalue weighted by Gasteiger charge is -2.39. The molecule has 0 spiro atoms. The molecule has 1 nitrogen and oxygen atoms in total. The van der Waals surface area contributed by atoms with E-state index in [1.807, 2.05) is 0 Å². The monoisotopic (exact) mass is 230 g/mol. The zero-order valence-corrected chi connectivity index (χ0v) is 10.9. The van der Waals surface area contributed by atoms with Gasteiger partial charge in [0.05, 0.1) is 6.61 Å². The van der Waals surface area contributed by atoms with Crippen molar-refractivity contribution < 1.29 is 4.74 Å². The zero-order chi connectivity index (χ0) is 11.8. The minimum Gasteiger partial charge on any atom is -0.493 e. The van der Waals surface area contributed by atoms with Crippen LogP contribution in [0.4, 0.5) is 0 Å². The predicted octanol–water partition coefficient (Wildman–Crippen LogP) is 4.48. The van der Waals surface area contributed by atoms with E-state index >= 15 is 0 Å². The zero-order valence-electron chi connectivity index (χ0n) is 10.9. The fourth-order valence-corrected chi connectivity index (χ4v) is 3.21. The van der Waals surface area contributed by atoms with Crippen molar-refractivity contribution in [2.45, 2.75) is 51.4 Å². The second-order valence-corrected chi connectivity index (χ2v) is 5.61. The first-order valence-corrected chi connectivity index (χ1v) is 7.08. The first-order valence-electron chi connectivity index (χ1n) is 7.08. The maximum Gasteiger partial charge on any atom is 0.123 e. The highest BCUT2D eigenvalue weighted by molar-refractivity contribution is 5.54. The summed E-state index contributed by atoms with van der Waals surface area (Å²) in [5.74, 6) is 3.68. The third-order valence-electron chi connectivity index (χ3n) is 4.35. The van der Waals surface area contributed by atoms with E-state index in [1.165, 1.54) is 30.6 Å². The molecule has 2 atom stereocenters. The van der Waals surface area contributed by atoms with Crippen molar-refractivity contribution in [1.82, 2.24) is 0 Å². The highest BCUT2D eigenvalue weighted by atomic mass is 16.5. The maximum absolute atomic E-state index is 5.97. The minimum atomic E-state index is 0.757. The van der Waals surface area contributed by atoms with Crippen LogP contribution in [0.5, 0.6) is 5.75 Å². The second kappa shape index (κ2) is 4.36. The van der Waals surface area contributed by atoms with Gasteiger partial charge in [0.15, 0.2) is 0 Å². The molecular weight excluding hydrogens is 208 g/mol. The molecular formula is C16H22O. The predicted molar refractivity (Wildman–Crippen MR) is 70.7 cm³/mol. The summed E-state index contributed by atoms with van der Waals surface area (Å²) >= 11 is 0. The number of hydrogen-bond donors (Lipinski definition) is 0. The summed E-state index contributed by atoms with van der Waals surface area (Å²) in [5.41, 5.74) is 3.08. The van der Waals surface area contributed by atoms with Crippen LogP contribution in [0.3, 0.4) is 0 Å². The number of benzene rings is 1. The van der Waals surface area contributed by atoms with Gasteiger partial charge in [-0.1, -0.05) is 32.4 Å². The molecule has 1 aromatic carbocycles. The SMILES string of the molecule is CCCCOc1cccc2c1[C@H](C1CC1)[C@H]2C. The van der Waals surface area contributed by atoms with E-state index in [0.717, 1.165) is 30.8 Å². The molecule has 3 rings (SSSR count). The van der Waals surface area contributed by atoms with Gasteiger partial charge in [0, 0.05) is 5.56 Å². The fourth-order valence-electron chi connectivity index (χ4n) is 3.21. The van der Waals surface area contributed by atoms with Gasteiger partial charge in [0.1, 0.15) is 5.75 Å². The average Bonchev–Trinajstić information content (AvgIpc) is 3.14. The molecule has 17 heavy (non-hydrogen) atoms. The topological polar surface area (TPSA) is 9.23 Å². The lowest BCUT2D eigenvalue weighted by atomic mass is 9.66. The van der Waals surface area contributed by atoms with Gasteiger partial charge in [-0.2, -0.15) is 0 Å². The van der Waals surface area contributed by atoms with Gasteiger partial charge in [-0.25, -0.2) is 0 Å². The van der Waals surface area contributed by atoms with Gasteiger partial charge in [0.2, 0.25) is 0 Å². The Balaban J connectivity index is 1.80. The Morgan fingerprint density at radius 3 is 2.82 bits per heavy atom. The van der Waals surface area contributed by atoms with Crippen LogP contribution in [0.25, 0.3) is 0 Å². The van der Waals surface area contributed by atoms with E-state index in [0.29, 0.717) is 0 Å². The van der Waals surface area contributed by atoms with Crippen molar-refractivity contribution in [3.63, 3.8) is 0 Å². The van der Waals surface area contributed by atoms with Crippen LogP contribution in [0, 0.1) is 5.92 Å². The van der Waals surface area contributed by atoms with Crippen LogP contribution in [0.1, 0.15) is 62.5 Å². The molecule has 2 aliphatic rings.